The van der Waals surface area contributed by atoms with E-state index in [4.69, 9.17) is 0 Å². The van der Waals surface area contributed by atoms with Gasteiger partial charge in [0.1, 0.15) is 5.82 Å². The Bertz CT molecular complexity index is 1140. The van der Waals surface area contributed by atoms with Crippen molar-refractivity contribution >= 4 is 34.1 Å². The fraction of sp³-hybridized carbons (Fsp3) is 0.105. The van der Waals surface area contributed by atoms with Gasteiger partial charge in [-0.1, -0.05) is 23.9 Å². The average Bonchev–Trinajstić information content (AvgIpc) is 3.36. The van der Waals surface area contributed by atoms with Crippen LogP contribution in [0.25, 0.3) is 16.9 Å². The lowest BCUT2D eigenvalue weighted by molar-refractivity contribution is -0.113. The number of thiazole rings is 1. The minimum absolute atomic E-state index is 0.137. The van der Waals surface area contributed by atoms with E-state index in [1.807, 2.05) is 36.6 Å². The highest BCUT2D eigenvalue weighted by Gasteiger charge is 2.13. The van der Waals surface area contributed by atoms with Gasteiger partial charge < -0.3 is 5.32 Å². The number of thioether (sulfide) groups is 1. The maximum atomic E-state index is 13.0. The van der Waals surface area contributed by atoms with Crippen LogP contribution in [0.4, 0.5) is 9.52 Å². The lowest BCUT2D eigenvalue weighted by atomic mass is 10.2. The topological polar surface area (TPSA) is 85.6 Å². The van der Waals surface area contributed by atoms with Crippen LogP contribution in [-0.2, 0) is 4.79 Å². The molecular formula is C19H15FN6OS2. The van der Waals surface area contributed by atoms with Gasteiger partial charge in [-0.3, -0.25) is 4.79 Å². The Morgan fingerprint density at radius 3 is 2.86 bits per heavy atom. The van der Waals surface area contributed by atoms with E-state index in [-0.39, 0.29) is 17.5 Å². The summed E-state index contributed by atoms with van der Waals surface area (Å²) in [5.41, 5.74) is 3.39. The summed E-state index contributed by atoms with van der Waals surface area (Å²) in [5, 5.41) is 17.3. The van der Waals surface area contributed by atoms with Gasteiger partial charge in [0.2, 0.25) is 11.1 Å². The van der Waals surface area contributed by atoms with Crippen molar-refractivity contribution in [1.82, 2.24) is 25.2 Å². The molecule has 0 saturated heterocycles. The SMILES string of the molecule is Cc1cccc(-n2nnnc2SCC(=O)Nc2nc(-c3ccc(F)cc3)cs2)c1. The Morgan fingerprint density at radius 2 is 2.07 bits per heavy atom. The first-order chi connectivity index (χ1) is 14.1. The second-order valence-electron chi connectivity index (χ2n) is 6.09. The van der Waals surface area contributed by atoms with Crippen molar-refractivity contribution in [2.45, 2.75) is 12.1 Å². The second-order valence-corrected chi connectivity index (χ2v) is 7.89. The molecule has 0 saturated carbocycles. The third-order valence-corrected chi connectivity index (χ3v) is 5.59. The Balaban J connectivity index is 1.38. The molecule has 0 atom stereocenters. The van der Waals surface area contributed by atoms with E-state index in [1.54, 1.807) is 16.8 Å². The largest absolute Gasteiger partial charge is 0.301 e. The summed E-state index contributed by atoms with van der Waals surface area (Å²) < 4.78 is 14.6. The van der Waals surface area contributed by atoms with Gasteiger partial charge in [0.25, 0.3) is 0 Å². The molecule has 0 aliphatic heterocycles. The van der Waals surface area contributed by atoms with Crippen LogP contribution in [-0.4, -0.2) is 36.9 Å². The van der Waals surface area contributed by atoms with Gasteiger partial charge in [-0.15, -0.1) is 16.4 Å². The lowest BCUT2D eigenvalue weighted by Gasteiger charge is -2.05. The van der Waals surface area contributed by atoms with Crippen molar-refractivity contribution in [3.63, 3.8) is 0 Å². The van der Waals surface area contributed by atoms with Crippen LogP contribution >= 0.6 is 23.1 Å². The number of carbonyl (C=O) groups excluding carboxylic acids is 1. The first-order valence-corrected chi connectivity index (χ1v) is 10.4. The van der Waals surface area contributed by atoms with Crippen molar-refractivity contribution in [2.75, 3.05) is 11.1 Å². The number of carbonyl (C=O) groups is 1. The third-order valence-electron chi connectivity index (χ3n) is 3.91. The van der Waals surface area contributed by atoms with Gasteiger partial charge in [-0.25, -0.2) is 9.37 Å². The van der Waals surface area contributed by atoms with E-state index in [2.05, 4.69) is 25.8 Å². The summed E-state index contributed by atoms with van der Waals surface area (Å²) >= 11 is 2.55. The van der Waals surface area contributed by atoms with Crippen LogP contribution in [0.2, 0.25) is 0 Å². The van der Waals surface area contributed by atoms with E-state index in [9.17, 15) is 9.18 Å². The average molecular weight is 427 g/mol. The molecule has 1 amide bonds. The Hall–Kier alpha value is -3.11. The second kappa shape index (κ2) is 8.50. The fourth-order valence-corrected chi connectivity index (χ4v) is 3.99. The van der Waals surface area contributed by atoms with Gasteiger partial charge >= 0.3 is 0 Å². The van der Waals surface area contributed by atoms with Gasteiger partial charge in [-0.2, -0.15) is 4.68 Å². The Kier molecular flexibility index (Phi) is 5.63. The van der Waals surface area contributed by atoms with Crippen molar-refractivity contribution < 1.29 is 9.18 Å². The quantitative estimate of drug-likeness (QED) is 0.470. The summed E-state index contributed by atoms with van der Waals surface area (Å²) in [6.45, 7) is 1.99. The number of hydrogen-bond acceptors (Lipinski definition) is 7. The van der Waals surface area contributed by atoms with Crippen LogP contribution in [0.15, 0.2) is 59.1 Å². The molecule has 2 aromatic heterocycles. The third kappa shape index (κ3) is 4.66. The van der Waals surface area contributed by atoms with E-state index in [1.165, 1.54) is 35.2 Å². The maximum Gasteiger partial charge on any atom is 0.236 e. The van der Waals surface area contributed by atoms with Gasteiger partial charge in [0, 0.05) is 10.9 Å². The molecular weight excluding hydrogens is 411 g/mol. The molecule has 2 aromatic carbocycles. The molecule has 10 heteroatoms. The normalized spacial score (nSPS) is 10.8. The van der Waals surface area contributed by atoms with Crippen LogP contribution in [0.1, 0.15) is 5.56 Å². The summed E-state index contributed by atoms with van der Waals surface area (Å²) in [6.07, 6.45) is 0. The number of rotatable bonds is 6. The van der Waals surface area contributed by atoms with Crippen molar-refractivity contribution in [1.29, 1.82) is 0 Å². The number of amides is 1. The highest BCUT2D eigenvalue weighted by molar-refractivity contribution is 7.99. The van der Waals surface area contributed by atoms with E-state index in [0.717, 1.165) is 16.8 Å². The molecule has 1 N–H and O–H groups in total. The first-order valence-electron chi connectivity index (χ1n) is 8.58. The minimum atomic E-state index is -0.303. The van der Waals surface area contributed by atoms with Crippen LogP contribution in [0, 0.1) is 12.7 Å². The standard InChI is InChI=1S/C19H15FN6OS2/c1-12-3-2-4-15(9-12)26-19(23-24-25-26)29-11-17(27)22-18-21-16(10-28-18)13-5-7-14(20)8-6-13/h2-10H,11H2,1H3,(H,21,22,27). The van der Waals surface area contributed by atoms with Gasteiger partial charge in [0.15, 0.2) is 5.13 Å². The molecule has 0 bridgehead atoms. The van der Waals surface area contributed by atoms with Crippen LogP contribution < -0.4 is 5.32 Å². The summed E-state index contributed by atoms with van der Waals surface area (Å²) in [5.74, 6) is -0.381. The van der Waals surface area contributed by atoms with E-state index < -0.39 is 0 Å². The number of nitrogens with one attached hydrogen (secondary N) is 1. The van der Waals surface area contributed by atoms with Crippen molar-refractivity contribution in [2.24, 2.45) is 0 Å². The zero-order chi connectivity index (χ0) is 20.2. The molecule has 4 aromatic rings. The molecule has 7 nitrogen and oxygen atoms in total. The minimum Gasteiger partial charge on any atom is -0.301 e. The predicted octanol–water partition coefficient (Wildman–Crippen LogP) is 3.96. The van der Waals surface area contributed by atoms with E-state index in [0.29, 0.717) is 16.0 Å². The van der Waals surface area contributed by atoms with Gasteiger partial charge in [-0.05, 0) is 59.3 Å². The number of halogens is 1. The smallest absolute Gasteiger partial charge is 0.236 e. The number of aromatic nitrogens is 5. The number of tetrazole rings is 1. The number of nitrogens with zero attached hydrogens (tertiary/aromatic N) is 5. The number of anilines is 1. The zero-order valence-corrected chi connectivity index (χ0v) is 16.9. The molecule has 0 spiro atoms. The Morgan fingerprint density at radius 1 is 1.24 bits per heavy atom. The molecule has 146 valence electrons. The molecule has 4 rings (SSSR count). The highest BCUT2D eigenvalue weighted by Crippen LogP contribution is 2.25. The van der Waals surface area contributed by atoms with Crippen LogP contribution in [0.5, 0.6) is 0 Å². The maximum absolute atomic E-state index is 13.0. The molecule has 0 fully saturated rings. The Labute approximate surface area is 174 Å². The molecule has 0 unspecified atom stereocenters. The summed E-state index contributed by atoms with van der Waals surface area (Å²) in [7, 11) is 0. The van der Waals surface area contributed by atoms with Crippen molar-refractivity contribution in [3.8, 4) is 16.9 Å². The molecule has 0 aliphatic carbocycles. The van der Waals surface area contributed by atoms with Crippen molar-refractivity contribution in [3.05, 3.63) is 65.3 Å². The number of hydrogen-bond donors (Lipinski definition) is 1. The monoisotopic (exact) mass is 426 g/mol. The first kappa shape index (κ1) is 19.2. The highest BCUT2D eigenvalue weighted by atomic mass is 32.2. The zero-order valence-electron chi connectivity index (χ0n) is 15.2. The lowest BCUT2D eigenvalue weighted by Crippen LogP contribution is -2.14. The molecule has 0 radical (unpaired) electrons. The van der Waals surface area contributed by atoms with Gasteiger partial charge in [0.05, 0.1) is 17.1 Å². The molecule has 29 heavy (non-hydrogen) atoms. The van der Waals surface area contributed by atoms with Crippen LogP contribution in [0.3, 0.4) is 0 Å². The predicted molar refractivity (Wildman–Crippen MR) is 111 cm³/mol. The summed E-state index contributed by atoms with van der Waals surface area (Å²) in [6, 6.07) is 13.8. The molecule has 2 heterocycles. The van der Waals surface area contributed by atoms with E-state index >= 15 is 0 Å². The molecule has 0 aliphatic rings. The number of benzene rings is 2. The number of aryl methyl sites for hydroxylation is 1. The fourth-order valence-electron chi connectivity index (χ4n) is 2.56. The summed E-state index contributed by atoms with van der Waals surface area (Å²) in [4.78, 5) is 16.7.